The first-order valence-electron chi connectivity index (χ1n) is 6.85. The van der Waals surface area contributed by atoms with Gasteiger partial charge in [-0.25, -0.2) is 0 Å². The molecule has 1 N–H and O–H groups in total. The van der Waals surface area contributed by atoms with E-state index in [2.05, 4.69) is 55.3 Å². The van der Waals surface area contributed by atoms with Crippen LogP contribution in [-0.4, -0.2) is 31.1 Å². The molecule has 2 nitrogen and oxygen atoms in total. The van der Waals surface area contributed by atoms with Crippen molar-refractivity contribution >= 4 is 5.69 Å². The Labute approximate surface area is 106 Å². The normalized spacial score (nSPS) is 10.8. The lowest BCUT2D eigenvalue weighted by atomic mass is 10.1. The SMILES string of the molecule is CCCc1ccc(NCCN(CC)CC)cc1. The number of hydrogen-bond donors (Lipinski definition) is 1. The van der Waals surface area contributed by atoms with E-state index in [1.807, 2.05) is 0 Å². The van der Waals surface area contributed by atoms with Crippen molar-refractivity contribution < 1.29 is 0 Å². The molecule has 0 aliphatic carbocycles. The molecule has 0 spiro atoms. The maximum absolute atomic E-state index is 3.47. The summed E-state index contributed by atoms with van der Waals surface area (Å²) in [5.41, 5.74) is 2.67. The number of nitrogens with one attached hydrogen (secondary N) is 1. The molecular weight excluding hydrogens is 208 g/mol. The van der Waals surface area contributed by atoms with E-state index in [4.69, 9.17) is 0 Å². The van der Waals surface area contributed by atoms with Crippen molar-refractivity contribution in [3.8, 4) is 0 Å². The van der Waals surface area contributed by atoms with Gasteiger partial charge in [-0.2, -0.15) is 0 Å². The minimum Gasteiger partial charge on any atom is -0.384 e. The molecule has 0 radical (unpaired) electrons. The van der Waals surface area contributed by atoms with E-state index >= 15 is 0 Å². The van der Waals surface area contributed by atoms with Crippen LogP contribution < -0.4 is 5.32 Å². The predicted molar refractivity (Wildman–Crippen MR) is 76.7 cm³/mol. The van der Waals surface area contributed by atoms with E-state index in [1.54, 1.807) is 0 Å². The highest BCUT2D eigenvalue weighted by atomic mass is 15.1. The Morgan fingerprint density at radius 2 is 1.65 bits per heavy atom. The maximum Gasteiger partial charge on any atom is 0.0340 e. The largest absolute Gasteiger partial charge is 0.384 e. The second-order valence-corrected chi connectivity index (χ2v) is 4.40. The third-order valence-electron chi connectivity index (χ3n) is 3.14. The molecule has 96 valence electrons. The Morgan fingerprint density at radius 3 is 2.18 bits per heavy atom. The van der Waals surface area contributed by atoms with Gasteiger partial charge >= 0.3 is 0 Å². The number of likely N-dealkylation sites (N-methyl/N-ethyl adjacent to an activating group) is 1. The third kappa shape index (κ3) is 5.22. The van der Waals surface area contributed by atoms with Crippen molar-refractivity contribution in [1.29, 1.82) is 0 Å². The molecule has 0 bridgehead atoms. The molecule has 0 aliphatic rings. The van der Waals surface area contributed by atoms with Crippen molar-refractivity contribution in [1.82, 2.24) is 4.90 Å². The minimum atomic E-state index is 1.02. The van der Waals surface area contributed by atoms with Crippen molar-refractivity contribution in [2.45, 2.75) is 33.6 Å². The first-order chi connectivity index (χ1) is 8.30. The van der Waals surface area contributed by atoms with Gasteiger partial charge in [-0.05, 0) is 37.2 Å². The molecule has 0 saturated carbocycles. The molecule has 0 aromatic heterocycles. The van der Waals surface area contributed by atoms with Crippen LogP contribution in [0.15, 0.2) is 24.3 Å². The number of anilines is 1. The van der Waals surface area contributed by atoms with Crippen LogP contribution in [0.1, 0.15) is 32.8 Å². The highest BCUT2D eigenvalue weighted by Gasteiger charge is 1.98. The Hall–Kier alpha value is -1.02. The fraction of sp³-hybridized carbons (Fsp3) is 0.600. The third-order valence-corrected chi connectivity index (χ3v) is 3.14. The van der Waals surface area contributed by atoms with Crippen LogP contribution in [0.4, 0.5) is 5.69 Å². The van der Waals surface area contributed by atoms with Gasteiger partial charge in [-0.3, -0.25) is 0 Å². The number of benzene rings is 1. The first-order valence-corrected chi connectivity index (χ1v) is 6.85. The van der Waals surface area contributed by atoms with E-state index in [1.165, 1.54) is 24.1 Å². The van der Waals surface area contributed by atoms with Crippen LogP contribution in [0, 0.1) is 0 Å². The number of hydrogen-bond acceptors (Lipinski definition) is 2. The van der Waals surface area contributed by atoms with Gasteiger partial charge in [0.1, 0.15) is 0 Å². The van der Waals surface area contributed by atoms with Crippen LogP contribution >= 0.6 is 0 Å². The lowest BCUT2D eigenvalue weighted by molar-refractivity contribution is 0.316. The highest BCUT2D eigenvalue weighted by molar-refractivity contribution is 5.44. The molecule has 0 amide bonds. The summed E-state index contributed by atoms with van der Waals surface area (Å²) < 4.78 is 0. The van der Waals surface area contributed by atoms with E-state index in [0.29, 0.717) is 0 Å². The molecule has 0 atom stereocenters. The summed E-state index contributed by atoms with van der Waals surface area (Å²) in [7, 11) is 0. The maximum atomic E-state index is 3.47. The molecule has 1 aromatic carbocycles. The molecule has 0 fully saturated rings. The number of aryl methyl sites for hydroxylation is 1. The highest BCUT2D eigenvalue weighted by Crippen LogP contribution is 2.10. The summed E-state index contributed by atoms with van der Waals surface area (Å²) in [5.74, 6) is 0. The average molecular weight is 234 g/mol. The van der Waals surface area contributed by atoms with Gasteiger partial charge in [0.25, 0.3) is 0 Å². The van der Waals surface area contributed by atoms with Crippen LogP contribution in [0.3, 0.4) is 0 Å². The lowest BCUT2D eigenvalue weighted by Crippen LogP contribution is -2.28. The summed E-state index contributed by atoms with van der Waals surface area (Å²) in [6.45, 7) is 11.0. The van der Waals surface area contributed by atoms with E-state index in [0.717, 1.165) is 26.2 Å². The molecule has 1 rings (SSSR count). The molecule has 1 aromatic rings. The van der Waals surface area contributed by atoms with Gasteiger partial charge in [-0.15, -0.1) is 0 Å². The van der Waals surface area contributed by atoms with E-state index < -0.39 is 0 Å². The Balaban J connectivity index is 2.31. The van der Waals surface area contributed by atoms with Crippen molar-refractivity contribution in [3.63, 3.8) is 0 Å². The predicted octanol–water partition coefficient (Wildman–Crippen LogP) is 3.39. The van der Waals surface area contributed by atoms with E-state index in [-0.39, 0.29) is 0 Å². The zero-order valence-electron chi connectivity index (χ0n) is 11.5. The summed E-state index contributed by atoms with van der Waals surface area (Å²) in [4.78, 5) is 2.43. The van der Waals surface area contributed by atoms with Crippen molar-refractivity contribution in [3.05, 3.63) is 29.8 Å². The fourth-order valence-corrected chi connectivity index (χ4v) is 1.98. The standard InChI is InChI=1S/C15H26N2/c1-4-7-14-8-10-15(11-9-14)16-12-13-17(5-2)6-3/h8-11,16H,4-7,12-13H2,1-3H3. The van der Waals surface area contributed by atoms with Gasteiger partial charge in [-0.1, -0.05) is 39.3 Å². The second kappa shape index (κ2) is 8.13. The van der Waals surface area contributed by atoms with Crippen molar-refractivity contribution in [2.24, 2.45) is 0 Å². The summed E-state index contributed by atoms with van der Waals surface area (Å²) in [5, 5.41) is 3.47. The van der Waals surface area contributed by atoms with Gasteiger partial charge in [0.05, 0.1) is 0 Å². The lowest BCUT2D eigenvalue weighted by Gasteiger charge is -2.18. The Bertz CT molecular complexity index is 288. The summed E-state index contributed by atoms with van der Waals surface area (Å²) in [6.07, 6.45) is 2.40. The van der Waals surface area contributed by atoms with Gasteiger partial charge in [0.2, 0.25) is 0 Å². The van der Waals surface area contributed by atoms with Gasteiger partial charge in [0, 0.05) is 18.8 Å². The molecular formula is C15H26N2. The van der Waals surface area contributed by atoms with Gasteiger partial charge < -0.3 is 10.2 Å². The minimum absolute atomic E-state index is 1.02. The molecule has 0 unspecified atom stereocenters. The number of rotatable bonds is 8. The molecule has 0 saturated heterocycles. The monoisotopic (exact) mass is 234 g/mol. The first kappa shape index (κ1) is 14.0. The zero-order chi connectivity index (χ0) is 12.5. The molecule has 17 heavy (non-hydrogen) atoms. The quantitative estimate of drug-likeness (QED) is 0.741. The second-order valence-electron chi connectivity index (χ2n) is 4.40. The topological polar surface area (TPSA) is 15.3 Å². The zero-order valence-corrected chi connectivity index (χ0v) is 11.5. The molecule has 0 heterocycles. The average Bonchev–Trinajstić information content (AvgIpc) is 2.37. The molecule has 2 heteroatoms. The summed E-state index contributed by atoms with van der Waals surface area (Å²) >= 11 is 0. The van der Waals surface area contributed by atoms with Gasteiger partial charge in [0.15, 0.2) is 0 Å². The van der Waals surface area contributed by atoms with E-state index in [9.17, 15) is 0 Å². The van der Waals surface area contributed by atoms with Crippen molar-refractivity contribution in [2.75, 3.05) is 31.5 Å². The Kier molecular flexibility index (Phi) is 6.71. The molecule has 0 aliphatic heterocycles. The van der Waals surface area contributed by atoms with Crippen LogP contribution in [-0.2, 0) is 6.42 Å². The smallest absolute Gasteiger partial charge is 0.0340 e. The van der Waals surface area contributed by atoms with Crippen LogP contribution in [0.25, 0.3) is 0 Å². The Morgan fingerprint density at radius 1 is 1.00 bits per heavy atom. The van der Waals surface area contributed by atoms with Crippen LogP contribution in [0.5, 0.6) is 0 Å². The number of nitrogens with zero attached hydrogens (tertiary/aromatic N) is 1. The summed E-state index contributed by atoms with van der Waals surface area (Å²) in [6, 6.07) is 8.83. The fourth-order valence-electron chi connectivity index (χ4n) is 1.98. The van der Waals surface area contributed by atoms with Crippen LogP contribution in [0.2, 0.25) is 0 Å².